The predicted octanol–water partition coefficient (Wildman–Crippen LogP) is 3.62. The molecule has 1 saturated carbocycles. The molecule has 1 aliphatic carbocycles. The second-order valence-electron chi connectivity index (χ2n) is 7.52. The van der Waals surface area contributed by atoms with Crippen molar-refractivity contribution in [3.8, 4) is 22.0 Å². The summed E-state index contributed by atoms with van der Waals surface area (Å²) in [6.07, 6.45) is 8.20. The maximum absolute atomic E-state index is 13.4. The van der Waals surface area contributed by atoms with Gasteiger partial charge in [-0.2, -0.15) is 10.2 Å². The first-order valence-electron chi connectivity index (χ1n) is 10.7. The van der Waals surface area contributed by atoms with Gasteiger partial charge in [-0.3, -0.25) is 24.4 Å². The standard InChI is InChI=1S/C21H20FN7O2S.CH2O2/c1-2-31-15-5-14(6-15)29-10-17(19(28-29)16-4-3-13(22)9-23-16)26-20(30)18-11-32-21(27-18)12-7-24-25-8-12;2-1-3/h3-4,7-11,14-15H,2,5-6H2,1H3,(H,24,25)(H,26,30);1H,(H,2,3)/t14-,15+;. The predicted molar refractivity (Wildman–Crippen MR) is 125 cm³/mol. The first-order chi connectivity index (χ1) is 17.0. The second-order valence-corrected chi connectivity index (χ2v) is 8.38. The number of nitrogens with one attached hydrogen (secondary N) is 2. The van der Waals surface area contributed by atoms with Crippen molar-refractivity contribution in [3.05, 3.63) is 53.8 Å². The average molecular weight is 500 g/mol. The van der Waals surface area contributed by atoms with Crippen LogP contribution in [0.15, 0.2) is 42.3 Å². The number of hydrogen-bond donors (Lipinski definition) is 3. The van der Waals surface area contributed by atoms with E-state index in [0.29, 0.717) is 28.7 Å². The largest absolute Gasteiger partial charge is 0.483 e. The third kappa shape index (κ3) is 5.58. The molecule has 0 atom stereocenters. The van der Waals surface area contributed by atoms with Crippen LogP contribution in [0.25, 0.3) is 22.0 Å². The third-order valence-electron chi connectivity index (χ3n) is 5.28. The number of H-pyrrole nitrogens is 1. The van der Waals surface area contributed by atoms with Crippen LogP contribution in [0.2, 0.25) is 0 Å². The lowest BCUT2D eigenvalue weighted by Crippen LogP contribution is -2.33. The monoisotopic (exact) mass is 499 g/mol. The Morgan fingerprint density at radius 1 is 1.40 bits per heavy atom. The molecule has 3 N–H and O–H groups in total. The normalized spacial score (nSPS) is 16.6. The van der Waals surface area contributed by atoms with Gasteiger partial charge in [0.1, 0.15) is 22.2 Å². The van der Waals surface area contributed by atoms with E-state index in [1.165, 1.54) is 17.4 Å². The van der Waals surface area contributed by atoms with Crippen LogP contribution in [0.4, 0.5) is 10.1 Å². The zero-order valence-electron chi connectivity index (χ0n) is 18.6. The Morgan fingerprint density at radius 3 is 2.86 bits per heavy atom. The summed E-state index contributed by atoms with van der Waals surface area (Å²) in [4.78, 5) is 29.8. The lowest BCUT2D eigenvalue weighted by molar-refractivity contribution is -0.122. The number of hydrogen-bond acceptors (Lipinski definition) is 8. The molecule has 0 aliphatic heterocycles. The van der Waals surface area contributed by atoms with E-state index in [9.17, 15) is 9.18 Å². The Hall–Kier alpha value is -3.97. The number of aromatic nitrogens is 6. The maximum atomic E-state index is 13.4. The van der Waals surface area contributed by atoms with Crippen LogP contribution in [-0.4, -0.2) is 60.1 Å². The van der Waals surface area contributed by atoms with E-state index >= 15 is 0 Å². The molecule has 4 aromatic rings. The third-order valence-corrected chi connectivity index (χ3v) is 6.17. The smallest absolute Gasteiger partial charge is 0.290 e. The fourth-order valence-electron chi connectivity index (χ4n) is 3.57. The molecule has 4 aromatic heterocycles. The van der Waals surface area contributed by atoms with Crippen LogP contribution in [0.1, 0.15) is 36.3 Å². The number of carbonyl (C=O) groups is 2. The van der Waals surface area contributed by atoms with Gasteiger partial charge in [0.2, 0.25) is 0 Å². The van der Waals surface area contributed by atoms with Crippen molar-refractivity contribution in [2.75, 3.05) is 11.9 Å². The van der Waals surface area contributed by atoms with Crippen LogP contribution in [0.5, 0.6) is 0 Å². The van der Waals surface area contributed by atoms with Crippen LogP contribution < -0.4 is 5.32 Å². The minimum absolute atomic E-state index is 0.170. The molecule has 4 heterocycles. The number of carboxylic acid groups (broad SMARTS) is 1. The Balaban J connectivity index is 0.000000917. The number of ether oxygens (including phenoxy) is 1. The van der Waals surface area contributed by atoms with Gasteiger partial charge in [-0.05, 0) is 31.9 Å². The minimum atomic E-state index is -0.438. The molecule has 1 aliphatic rings. The summed E-state index contributed by atoms with van der Waals surface area (Å²) in [5.41, 5.74) is 2.54. The molecule has 0 unspecified atom stereocenters. The Labute approximate surface area is 203 Å². The van der Waals surface area contributed by atoms with E-state index in [0.717, 1.165) is 24.6 Å². The molecule has 0 aromatic carbocycles. The van der Waals surface area contributed by atoms with Crippen LogP contribution >= 0.6 is 11.3 Å². The molecule has 0 radical (unpaired) electrons. The Kier molecular flexibility index (Phi) is 7.57. The fourth-order valence-corrected chi connectivity index (χ4v) is 4.35. The van der Waals surface area contributed by atoms with Gasteiger partial charge in [0.15, 0.2) is 0 Å². The van der Waals surface area contributed by atoms with Crippen molar-refractivity contribution in [2.45, 2.75) is 31.9 Å². The van der Waals surface area contributed by atoms with Crippen LogP contribution in [0, 0.1) is 5.82 Å². The molecule has 5 rings (SSSR count). The molecular weight excluding hydrogens is 477 g/mol. The summed E-state index contributed by atoms with van der Waals surface area (Å²) in [6, 6.07) is 3.03. The second kappa shape index (κ2) is 11.0. The van der Waals surface area contributed by atoms with Gasteiger partial charge < -0.3 is 15.2 Å². The number of halogens is 1. The fraction of sp³-hybridized carbons (Fsp3) is 0.273. The summed E-state index contributed by atoms with van der Waals surface area (Å²) >= 11 is 1.36. The zero-order valence-corrected chi connectivity index (χ0v) is 19.4. The number of pyridine rings is 1. The van der Waals surface area contributed by atoms with Gasteiger partial charge in [-0.1, -0.05) is 0 Å². The van der Waals surface area contributed by atoms with Gasteiger partial charge in [-0.15, -0.1) is 11.3 Å². The van der Waals surface area contributed by atoms with Crippen LogP contribution in [0.3, 0.4) is 0 Å². The summed E-state index contributed by atoms with van der Waals surface area (Å²) in [5, 5.41) is 23.5. The molecular formula is C22H22FN7O4S. The summed E-state index contributed by atoms with van der Waals surface area (Å²) in [5.74, 6) is -0.800. The highest BCUT2D eigenvalue weighted by Gasteiger charge is 2.32. The first kappa shape index (κ1) is 24.2. The van der Waals surface area contributed by atoms with Gasteiger partial charge >= 0.3 is 0 Å². The number of nitrogens with zero attached hydrogens (tertiary/aromatic N) is 5. The highest BCUT2D eigenvalue weighted by atomic mass is 32.1. The SMILES string of the molecule is CCO[C@H]1C[C@@H](n2cc(NC(=O)c3csc(-c4cn[nH]c4)n3)c(-c3ccc(F)cn3)n2)C1.O=CO. The number of carbonyl (C=O) groups excluding carboxylic acids is 1. The van der Waals surface area contributed by atoms with E-state index in [2.05, 4.69) is 30.6 Å². The molecule has 0 spiro atoms. The van der Waals surface area contributed by atoms with E-state index in [1.807, 2.05) is 11.6 Å². The summed E-state index contributed by atoms with van der Waals surface area (Å²) in [7, 11) is 0. The van der Waals surface area contributed by atoms with E-state index in [1.54, 1.807) is 30.0 Å². The number of anilines is 1. The molecule has 11 nitrogen and oxygen atoms in total. The Bertz CT molecular complexity index is 1270. The molecule has 13 heteroatoms. The minimum Gasteiger partial charge on any atom is -0.483 e. The number of amides is 1. The molecule has 1 amide bonds. The lowest BCUT2D eigenvalue weighted by Gasteiger charge is -2.34. The van der Waals surface area contributed by atoms with Crippen molar-refractivity contribution in [1.29, 1.82) is 0 Å². The summed E-state index contributed by atoms with van der Waals surface area (Å²) < 4.78 is 20.8. The molecule has 35 heavy (non-hydrogen) atoms. The first-order valence-corrected chi connectivity index (χ1v) is 11.6. The number of thiazole rings is 1. The maximum Gasteiger partial charge on any atom is 0.290 e. The molecule has 1 fully saturated rings. The molecule has 182 valence electrons. The zero-order chi connectivity index (χ0) is 24.8. The van der Waals surface area contributed by atoms with Crippen molar-refractivity contribution in [2.24, 2.45) is 0 Å². The van der Waals surface area contributed by atoms with Crippen molar-refractivity contribution >= 4 is 29.4 Å². The summed E-state index contributed by atoms with van der Waals surface area (Å²) in [6.45, 7) is 2.40. The van der Waals surface area contributed by atoms with E-state index in [-0.39, 0.29) is 30.2 Å². The topological polar surface area (TPSA) is 148 Å². The van der Waals surface area contributed by atoms with Crippen molar-refractivity contribution in [1.82, 2.24) is 29.9 Å². The molecule has 0 bridgehead atoms. The van der Waals surface area contributed by atoms with E-state index < -0.39 is 5.82 Å². The van der Waals surface area contributed by atoms with Crippen molar-refractivity contribution in [3.63, 3.8) is 0 Å². The van der Waals surface area contributed by atoms with E-state index in [4.69, 9.17) is 14.6 Å². The van der Waals surface area contributed by atoms with Gasteiger partial charge in [0, 0.05) is 29.9 Å². The average Bonchev–Trinajstić information content (AvgIpc) is 3.57. The van der Waals surface area contributed by atoms with Gasteiger partial charge in [0.25, 0.3) is 12.4 Å². The van der Waals surface area contributed by atoms with Crippen molar-refractivity contribution < 1.29 is 23.8 Å². The van der Waals surface area contributed by atoms with Gasteiger partial charge in [-0.25, -0.2) is 9.37 Å². The van der Waals surface area contributed by atoms with Crippen LogP contribution in [-0.2, 0) is 9.53 Å². The highest BCUT2D eigenvalue weighted by molar-refractivity contribution is 7.13. The quantitative estimate of drug-likeness (QED) is 0.327. The van der Waals surface area contributed by atoms with Gasteiger partial charge in [0.05, 0.1) is 35.9 Å². The molecule has 0 saturated heterocycles. The Morgan fingerprint density at radius 2 is 2.20 bits per heavy atom. The number of rotatable bonds is 7. The highest BCUT2D eigenvalue weighted by Crippen LogP contribution is 2.37. The number of aromatic amines is 1. The lowest BCUT2D eigenvalue weighted by atomic mass is 9.89.